The molecule has 1 rings (SSSR count). The van der Waals surface area contributed by atoms with Crippen LogP contribution >= 0.6 is 11.6 Å². The van der Waals surface area contributed by atoms with Crippen molar-refractivity contribution < 1.29 is 24.1 Å². The van der Waals surface area contributed by atoms with E-state index in [1.165, 1.54) is 14.2 Å². The molecule has 4 atom stereocenters. The van der Waals surface area contributed by atoms with E-state index < -0.39 is 24.5 Å². The predicted octanol–water partition coefficient (Wildman–Crippen LogP) is -0.111. The van der Waals surface area contributed by atoms with Crippen LogP contribution in [0.5, 0.6) is 0 Å². The molecule has 14 heavy (non-hydrogen) atoms. The Bertz CT molecular complexity index is 210. The molecular formula is C8H13ClO5. The molecule has 0 aromatic carbocycles. The average molecular weight is 225 g/mol. The SMILES string of the molecule is COC(=O)[C@@H](O)[C@H]1C[C@H](Cl)[C@H](OC)O1. The summed E-state index contributed by atoms with van der Waals surface area (Å²) in [6.07, 6.45) is -2.19. The van der Waals surface area contributed by atoms with Crippen LogP contribution in [0.2, 0.25) is 0 Å². The van der Waals surface area contributed by atoms with Crippen LogP contribution in [0.15, 0.2) is 0 Å². The van der Waals surface area contributed by atoms with Gasteiger partial charge in [-0.05, 0) is 6.42 Å². The molecule has 1 saturated heterocycles. The highest BCUT2D eigenvalue weighted by atomic mass is 35.5. The second-order valence-corrected chi connectivity index (χ2v) is 3.56. The summed E-state index contributed by atoms with van der Waals surface area (Å²) in [5, 5.41) is 9.08. The van der Waals surface area contributed by atoms with E-state index in [0.29, 0.717) is 6.42 Å². The molecular weight excluding hydrogens is 212 g/mol. The Morgan fingerprint density at radius 2 is 2.29 bits per heavy atom. The van der Waals surface area contributed by atoms with E-state index in [2.05, 4.69) is 4.74 Å². The molecule has 1 aliphatic rings. The van der Waals surface area contributed by atoms with Crippen molar-refractivity contribution in [3.63, 3.8) is 0 Å². The number of ether oxygens (including phenoxy) is 3. The average Bonchev–Trinajstić information content (AvgIpc) is 2.57. The van der Waals surface area contributed by atoms with Gasteiger partial charge in [0.1, 0.15) is 0 Å². The zero-order chi connectivity index (χ0) is 10.7. The van der Waals surface area contributed by atoms with E-state index >= 15 is 0 Å². The van der Waals surface area contributed by atoms with E-state index in [9.17, 15) is 9.90 Å². The maximum absolute atomic E-state index is 11.0. The number of hydrogen-bond acceptors (Lipinski definition) is 5. The summed E-state index contributed by atoms with van der Waals surface area (Å²) in [4.78, 5) is 11.0. The zero-order valence-corrected chi connectivity index (χ0v) is 8.73. The highest BCUT2D eigenvalue weighted by molar-refractivity contribution is 6.21. The molecule has 1 aliphatic heterocycles. The second kappa shape index (κ2) is 4.93. The number of hydrogen-bond donors (Lipinski definition) is 1. The standard InChI is InChI=1S/C8H13ClO5/c1-12-7(11)6(10)5-3-4(9)8(13-2)14-5/h4-6,8,10H,3H2,1-2H3/t4-,5+,6-,8+/m0/s1. The lowest BCUT2D eigenvalue weighted by Crippen LogP contribution is -2.35. The summed E-state index contributed by atoms with van der Waals surface area (Å²) in [6.45, 7) is 0. The summed E-state index contributed by atoms with van der Waals surface area (Å²) in [7, 11) is 2.65. The van der Waals surface area contributed by atoms with Crippen molar-refractivity contribution in [1.29, 1.82) is 0 Å². The third kappa shape index (κ3) is 2.36. The fourth-order valence-corrected chi connectivity index (χ4v) is 1.66. The van der Waals surface area contributed by atoms with Crippen molar-refractivity contribution in [3.8, 4) is 0 Å². The number of alkyl halides is 1. The first kappa shape index (κ1) is 11.7. The first-order valence-electron chi connectivity index (χ1n) is 4.18. The Morgan fingerprint density at radius 1 is 1.64 bits per heavy atom. The third-order valence-electron chi connectivity index (χ3n) is 2.09. The van der Waals surface area contributed by atoms with Gasteiger partial charge in [-0.2, -0.15) is 0 Å². The van der Waals surface area contributed by atoms with Gasteiger partial charge in [-0.15, -0.1) is 11.6 Å². The monoisotopic (exact) mass is 224 g/mol. The van der Waals surface area contributed by atoms with Crippen LogP contribution in [0.3, 0.4) is 0 Å². The lowest BCUT2D eigenvalue weighted by molar-refractivity contribution is -0.169. The molecule has 1 fully saturated rings. The van der Waals surface area contributed by atoms with Gasteiger partial charge in [0.25, 0.3) is 0 Å². The smallest absolute Gasteiger partial charge is 0.337 e. The number of carbonyl (C=O) groups is 1. The first-order valence-corrected chi connectivity index (χ1v) is 4.62. The molecule has 82 valence electrons. The number of esters is 1. The predicted molar refractivity (Wildman–Crippen MR) is 48.0 cm³/mol. The van der Waals surface area contributed by atoms with Gasteiger partial charge in [0.15, 0.2) is 12.4 Å². The quantitative estimate of drug-likeness (QED) is 0.535. The Morgan fingerprint density at radius 3 is 2.71 bits per heavy atom. The van der Waals surface area contributed by atoms with Gasteiger partial charge < -0.3 is 19.3 Å². The highest BCUT2D eigenvalue weighted by Crippen LogP contribution is 2.27. The molecule has 0 unspecified atom stereocenters. The molecule has 0 amide bonds. The zero-order valence-electron chi connectivity index (χ0n) is 7.97. The molecule has 5 nitrogen and oxygen atoms in total. The van der Waals surface area contributed by atoms with Crippen molar-refractivity contribution in [2.75, 3.05) is 14.2 Å². The van der Waals surface area contributed by atoms with Gasteiger partial charge in [-0.1, -0.05) is 0 Å². The molecule has 0 saturated carbocycles. The maximum Gasteiger partial charge on any atom is 0.337 e. The molecule has 0 spiro atoms. The van der Waals surface area contributed by atoms with Crippen LogP contribution in [0.25, 0.3) is 0 Å². The van der Waals surface area contributed by atoms with Crippen molar-refractivity contribution in [3.05, 3.63) is 0 Å². The molecule has 0 aromatic rings. The van der Waals surface area contributed by atoms with Crippen molar-refractivity contribution in [1.82, 2.24) is 0 Å². The summed E-state index contributed by atoms with van der Waals surface area (Å²) in [5.41, 5.74) is 0. The maximum atomic E-state index is 11.0. The summed E-state index contributed by atoms with van der Waals surface area (Å²) < 4.78 is 14.5. The van der Waals surface area contributed by atoms with E-state index in [1.807, 2.05) is 0 Å². The van der Waals surface area contributed by atoms with Crippen LogP contribution in [0.4, 0.5) is 0 Å². The number of aliphatic hydroxyl groups is 1. The minimum Gasteiger partial charge on any atom is -0.467 e. The van der Waals surface area contributed by atoms with Gasteiger partial charge in [-0.3, -0.25) is 0 Å². The van der Waals surface area contributed by atoms with Gasteiger partial charge >= 0.3 is 5.97 Å². The molecule has 1 N–H and O–H groups in total. The fourth-order valence-electron chi connectivity index (χ4n) is 1.33. The minimum atomic E-state index is -1.30. The summed E-state index contributed by atoms with van der Waals surface area (Å²) >= 11 is 5.85. The van der Waals surface area contributed by atoms with Crippen molar-refractivity contribution in [2.45, 2.75) is 30.3 Å². The van der Waals surface area contributed by atoms with Gasteiger partial charge in [0.2, 0.25) is 0 Å². The molecule has 1 heterocycles. The molecule has 0 aromatic heterocycles. The fraction of sp³-hybridized carbons (Fsp3) is 0.875. The topological polar surface area (TPSA) is 65.0 Å². The van der Waals surface area contributed by atoms with Crippen LogP contribution in [-0.4, -0.2) is 49.2 Å². The first-order chi connectivity index (χ1) is 6.60. The molecule has 0 bridgehead atoms. The van der Waals surface area contributed by atoms with Crippen LogP contribution in [-0.2, 0) is 19.0 Å². The largest absolute Gasteiger partial charge is 0.467 e. The Labute approximate surface area is 86.9 Å². The normalized spacial score (nSPS) is 34.1. The number of carbonyl (C=O) groups excluding carboxylic acids is 1. The second-order valence-electron chi connectivity index (χ2n) is 3.00. The summed E-state index contributed by atoms with van der Waals surface area (Å²) in [6, 6.07) is 0. The van der Waals surface area contributed by atoms with Crippen LogP contribution in [0.1, 0.15) is 6.42 Å². The lowest BCUT2D eigenvalue weighted by atomic mass is 10.1. The Kier molecular flexibility index (Phi) is 4.12. The van der Waals surface area contributed by atoms with E-state index in [-0.39, 0.29) is 5.38 Å². The van der Waals surface area contributed by atoms with E-state index in [4.69, 9.17) is 21.1 Å². The lowest BCUT2D eigenvalue weighted by Gasteiger charge is -2.16. The van der Waals surface area contributed by atoms with Crippen LogP contribution < -0.4 is 0 Å². The molecule has 0 aliphatic carbocycles. The van der Waals surface area contributed by atoms with Crippen LogP contribution in [0, 0.1) is 0 Å². The number of halogens is 1. The number of rotatable bonds is 3. The molecule has 6 heteroatoms. The highest BCUT2D eigenvalue weighted by Gasteiger charge is 2.40. The summed E-state index contributed by atoms with van der Waals surface area (Å²) in [5.74, 6) is -0.726. The van der Waals surface area contributed by atoms with Crippen molar-refractivity contribution >= 4 is 17.6 Å². The Hall–Kier alpha value is -0.360. The third-order valence-corrected chi connectivity index (χ3v) is 2.47. The van der Waals surface area contributed by atoms with Crippen molar-refractivity contribution in [2.24, 2.45) is 0 Å². The van der Waals surface area contributed by atoms with Gasteiger partial charge in [-0.25, -0.2) is 4.79 Å². The van der Waals surface area contributed by atoms with E-state index in [1.54, 1.807) is 0 Å². The number of methoxy groups -OCH3 is 2. The minimum absolute atomic E-state index is 0.357. The molecule has 0 radical (unpaired) electrons. The Balaban J connectivity index is 2.52. The van der Waals surface area contributed by atoms with E-state index in [0.717, 1.165) is 0 Å². The number of aliphatic hydroxyl groups excluding tert-OH is 1. The van der Waals surface area contributed by atoms with Gasteiger partial charge in [0.05, 0.1) is 18.6 Å². The van der Waals surface area contributed by atoms with Gasteiger partial charge in [0, 0.05) is 7.11 Å².